The molecular weight excluding hydrogens is 226 g/mol. The number of aliphatic carboxylic acids is 1. The fourth-order valence-electron chi connectivity index (χ4n) is 2.73. The predicted molar refractivity (Wildman–Crippen MR) is 72.0 cm³/mol. The van der Waals surface area contributed by atoms with Gasteiger partial charge in [0, 0.05) is 0 Å². The third-order valence-corrected chi connectivity index (χ3v) is 3.99. The summed E-state index contributed by atoms with van der Waals surface area (Å²) >= 11 is 0. The number of rotatable bonds is 3. The number of piperidine rings is 1. The van der Waals surface area contributed by atoms with Gasteiger partial charge in [0.05, 0.1) is 5.92 Å². The first kappa shape index (κ1) is 13.1. The van der Waals surface area contributed by atoms with Gasteiger partial charge in [-0.05, 0) is 56.9 Å². The number of hydrogen-bond acceptors (Lipinski definition) is 2. The van der Waals surface area contributed by atoms with Crippen molar-refractivity contribution in [3.8, 4) is 0 Å². The van der Waals surface area contributed by atoms with E-state index in [1.165, 1.54) is 5.56 Å². The predicted octanol–water partition coefficient (Wildman–Crippen LogP) is 2.68. The zero-order chi connectivity index (χ0) is 13.1. The Hall–Kier alpha value is -1.35. The van der Waals surface area contributed by atoms with Gasteiger partial charge in [0.25, 0.3) is 0 Å². The lowest BCUT2D eigenvalue weighted by Crippen LogP contribution is -2.29. The highest BCUT2D eigenvalue weighted by molar-refractivity contribution is 5.76. The van der Waals surface area contributed by atoms with Crippen LogP contribution in [0.15, 0.2) is 24.3 Å². The second kappa shape index (κ2) is 5.53. The maximum absolute atomic E-state index is 11.2. The Morgan fingerprint density at radius 1 is 1.33 bits per heavy atom. The summed E-state index contributed by atoms with van der Waals surface area (Å²) in [6.45, 7) is 3.97. The first-order valence-corrected chi connectivity index (χ1v) is 6.59. The quantitative estimate of drug-likeness (QED) is 0.892. The molecule has 1 fully saturated rings. The molecule has 1 unspecified atom stereocenters. The number of hydrogen-bond donors (Lipinski definition) is 1. The van der Waals surface area contributed by atoms with Gasteiger partial charge in [-0.15, -0.1) is 0 Å². The zero-order valence-electron chi connectivity index (χ0n) is 11.1. The van der Waals surface area contributed by atoms with E-state index in [4.69, 9.17) is 0 Å². The summed E-state index contributed by atoms with van der Waals surface area (Å²) in [6, 6.07) is 8.02. The standard InChI is InChI=1S/C15H21NO2/c1-11(15(17)18)13-5-3-4-6-14(13)12-7-9-16(2)10-8-12/h3-6,11-12H,7-10H2,1-2H3,(H,17,18). The van der Waals surface area contributed by atoms with E-state index in [-0.39, 0.29) is 0 Å². The van der Waals surface area contributed by atoms with E-state index in [1.54, 1.807) is 6.92 Å². The smallest absolute Gasteiger partial charge is 0.310 e. The molecule has 0 aliphatic carbocycles. The lowest BCUT2D eigenvalue weighted by Gasteiger charge is -2.30. The molecule has 1 aromatic carbocycles. The molecule has 1 aliphatic rings. The Labute approximate surface area is 108 Å². The molecule has 0 radical (unpaired) electrons. The lowest BCUT2D eigenvalue weighted by molar-refractivity contribution is -0.138. The molecule has 0 bridgehead atoms. The Kier molecular flexibility index (Phi) is 4.02. The average Bonchev–Trinajstić information content (AvgIpc) is 2.39. The highest BCUT2D eigenvalue weighted by Crippen LogP contribution is 2.33. The topological polar surface area (TPSA) is 40.5 Å². The zero-order valence-corrected chi connectivity index (χ0v) is 11.1. The van der Waals surface area contributed by atoms with Crippen LogP contribution in [0.2, 0.25) is 0 Å². The van der Waals surface area contributed by atoms with Crippen molar-refractivity contribution in [3.63, 3.8) is 0 Å². The van der Waals surface area contributed by atoms with Crippen LogP contribution in [0.25, 0.3) is 0 Å². The molecule has 0 saturated carbocycles. The normalized spacial score (nSPS) is 19.7. The molecule has 0 spiro atoms. The van der Waals surface area contributed by atoms with Crippen molar-refractivity contribution in [2.24, 2.45) is 0 Å². The van der Waals surface area contributed by atoms with E-state index in [9.17, 15) is 9.90 Å². The van der Waals surface area contributed by atoms with E-state index in [2.05, 4.69) is 18.0 Å². The molecule has 18 heavy (non-hydrogen) atoms. The van der Waals surface area contributed by atoms with Gasteiger partial charge < -0.3 is 10.0 Å². The first-order valence-electron chi connectivity index (χ1n) is 6.59. The summed E-state index contributed by atoms with van der Waals surface area (Å²) in [6.07, 6.45) is 2.25. The SMILES string of the molecule is CC(C(=O)O)c1ccccc1C1CCN(C)CC1. The van der Waals surface area contributed by atoms with Gasteiger partial charge in [0.2, 0.25) is 0 Å². The fraction of sp³-hybridized carbons (Fsp3) is 0.533. The monoisotopic (exact) mass is 247 g/mol. The molecule has 0 aromatic heterocycles. The Morgan fingerprint density at radius 2 is 1.94 bits per heavy atom. The van der Waals surface area contributed by atoms with Crippen LogP contribution < -0.4 is 0 Å². The van der Waals surface area contributed by atoms with Gasteiger partial charge in [-0.3, -0.25) is 4.79 Å². The van der Waals surface area contributed by atoms with Gasteiger partial charge in [0.1, 0.15) is 0 Å². The molecule has 1 atom stereocenters. The van der Waals surface area contributed by atoms with Crippen LogP contribution in [-0.4, -0.2) is 36.1 Å². The number of carbonyl (C=O) groups is 1. The van der Waals surface area contributed by atoms with E-state index in [0.717, 1.165) is 31.5 Å². The van der Waals surface area contributed by atoms with E-state index in [0.29, 0.717) is 5.92 Å². The van der Waals surface area contributed by atoms with Crippen molar-refractivity contribution in [2.45, 2.75) is 31.6 Å². The summed E-state index contributed by atoms with van der Waals surface area (Å²) in [5.41, 5.74) is 2.22. The van der Waals surface area contributed by atoms with Crippen molar-refractivity contribution in [3.05, 3.63) is 35.4 Å². The van der Waals surface area contributed by atoms with Crippen LogP contribution in [0.3, 0.4) is 0 Å². The van der Waals surface area contributed by atoms with Gasteiger partial charge in [-0.2, -0.15) is 0 Å². The molecule has 0 amide bonds. The van der Waals surface area contributed by atoms with Crippen molar-refractivity contribution in [2.75, 3.05) is 20.1 Å². The Bertz CT molecular complexity index is 422. The number of benzene rings is 1. The minimum Gasteiger partial charge on any atom is -0.481 e. The molecule has 3 heteroatoms. The number of carboxylic acid groups (broad SMARTS) is 1. The average molecular weight is 247 g/mol. The third-order valence-electron chi connectivity index (χ3n) is 3.99. The minimum absolute atomic E-state index is 0.416. The molecule has 2 rings (SSSR count). The molecule has 1 aliphatic heterocycles. The summed E-state index contributed by atoms with van der Waals surface area (Å²) in [4.78, 5) is 13.5. The highest BCUT2D eigenvalue weighted by atomic mass is 16.4. The second-order valence-electron chi connectivity index (χ2n) is 5.27. The summed E-state index contributed by atoms with van der Waals surface area (Å²) in [5, 5.41) is 9.19. The van der Waals surface area contributed by atoms with Crippen LogP contribution in [0.4, 0.5) is 0 Å². The largest absolute Gasteiger partial charge is 0.481 e. The van der Waals surface area contributed by atoms with Crippen LogP contribution in [0.1, 0.15) is 42.7 Å². The van der Waals surface area contributed by atoms with E-state index >= 15 is 0 Å². The molecule has 3 nitrogen and oxygen atoms in total. The van der Waals surface area contributed by atoms with Gasteiger partial charge in [-0.25, -0.2) is 0 Å². The van der Waals surface area contributed by atoms with Gasteiger partial charge >= 0.3 is 5.97 Å². The summed E-state index contributed by atoms with van der Waals surface area (Å²) in [7, 11) is 2.14. The number of nitrogens with zero attached hydrogens (tertiary/aromatic N) is 1. The second-order valence-corrected chi connectivity index (χ2v) is 5.27. The lowest BCUT2D eigenvalue weighted by atomic mass is 9.83. The molecule has 1 saturated heterocycles. The molecule has 1 aromatic rings. The molecule has 1 N–H and O–H groups in total. The van der Waals surface area contributed by atoms with E-state index < -0.39 is 11.9 Å². The Balaban J connectivity index is 2.24. The molecule has 1 heterocycles. The highest BCUT2D eigenvalue weighted by Gasteiger charge is 2.24. The maximum Gasteiger partial charge on any atom is 0.310 e. The summed E-state index contributed by atoms with van der Waals surface area (Å²) < 4.78 is 0. The van der Waals surface area contributed by atoms with Crippen LogP contribution in [-0.2, 0) is 4.79 Å². The first-order chi connectivity index (χ1) is 8.59. The van der Waals surface area contributed by atoms with Crippen LogP contribution in [0.5, 0.6) is 0 Å². The van der Waals surface area contributed by atoms with Gasteiger partial charge in [-0.1, -0.05) is 24.3 Å². The summed E-state index contributed by atoms with van der Waals surface area (Å²) in [5.74, 6) is -0.643. The van der Waals surface area contributed by atoms with Crippen molar-refractivity contribution in [1.82, 2.24) is 4.90 Å². The number of likely N-dealkylation sites (tertiary alicyclic amines) is 1. The van der Waals surface area contributed by atoms with Crippen molar-refractivity contribution >= 4 is 5.97 Å². The van der Waals surface area contributed by atoms with Crippen molar-refractivity contribution < 1.29 is 9.90 Å². The van der Waals surface area contributed by atoms with E-state index in [1.807, 2.05) is 18.2 Å². The minimum atomic E-state index is -0.740. The van der Waals surface area contributed by atoms with Crippen molar-refractivity contribution in [1.29, 1.82) is 0 Å². The van der Waals surface area contributed by atoms with Crippen LogP contribution >= 0.6 is 0 Å². The maximum atomic E-state index is 11.2. The molecule has 98 valence electrons. The Morgan fingerprint density at radius 3 is 2.56 bits per heavy atom. The third kappa shape index (κ3) is 2.72. The number of carboxylic acids is 1. The fourth-order valence-corrected chi connectivity index (χ4v) is 2.73. The molecular formula is C15H21NO2. The van der Waals surface area contributed by atoms with Crippen LogP contribution in [0, 0.1) is 0 Å². The van der Waals surface area contributed by atoms with Gasteiger partial charge in [0.15, 0.2) is 0 Å².